The smallest absolute Gasteiger partial charge is 0.275 e. The molecule has 0 saturated carbocycles. The van der Waals surface area contributed by atoms with Gasteiger partial charge in [0.25, 0.3) is 5.91 Å². The number of aliphatic hydroxyl groups is 1. The number of benzene rings is 1. The molecule has 1 aromatic heterocycles. The lowest BCUT2D eigenvalue weighted by atomic mass is 10.2. The SMILES string of the molecule is COc1ccccc1N1CCN(C(=O)c2coc(CN3CCN(CC(C)O)CC3)n2)CC1. The van der Waals surface area contributed by atoms with Gasteiger partial charge in [0.05, 0.1) is 25.4 Å². The van der Waals surface area contributed by atoms with Crippen molar-refractivity contribution >= 4 is 11.6 Å². The summed E-state index contributed by atoms with van der Waals surface area (Å²) in [6.45, 7) is 9.47. The number of carbonyl (C=O) groups is 1. The topological polar surface area (TPSA) is 85.5 Å². The van der Waals surface area contributed by atoms with Crippen molar-refractivity contribution in [2.75, 3.05) is 70.9 Å². The molecule has 1 aromatic carbocycles. The summed E-state index contributed by atoms with van der Waals surface area (Å²) < 4.78 is 11.1. The number of hydrogen-bond acceptors (Lipinski definition) is 8. The van der Waals surface area contributed by atoms with Crippen LogP contribution < -0.4 is 9.64 Å². The van der Waals surface area contributed by atoms with E-state index in [0.717, 1.165) is 50.7 Å². The van der Waals surface area contributed by atoms with E-state index in [-0.39, 0.29) is 12.0 Å². The van der Waals surface area contributed by atoms with Gasteiger partial charge in [-0.1, -0.05) is 12.1 Å². The van der Waals surface area contributed by atoms with Crippen molar-refractivity contribution in [1.29, 1.82) is 0 Å². The molecular weight excluding hydrogens is 410 g/mol. The van der Waals surface area contributed by atoms with Crippen LogP contribution in [0.3, 0.4) is 0 Å². The van der Waals surface area contributed by atoms with Crippen molar-refractivity contribution < 1.29 is 19.1 Å². The Morgan fingerprint density at radius 3 is 2.47 bits per heavy atom. The number of hydrogen-bond donors (Lipinski definition) is 1. The summed E-state index contributed by atoms with van der Waals surface area (Å²) >= 11 is 0. The Balaban J connectivity index is 1.27. The van der Waals surface area contributed by atoms with Gasteiger partial charge in [0.2, 0.25) is 5.89 Å². The number of ether oxygens (including phenoxy) is 1. The Hall–Kier alpha value is -2.62. The molecule has 2 aromatic rings. The van der Waals surface area contributed by atoms with Crippen LogP contribution in [0, 0.1) is 0 Å². The summed E-state index contributed by atoms with van der Waals surface area (Å²) in [5, 5.41) is 9.54. The highest BCUT2D eigenvalue weighted by atomic mass is 16.5. The van der Waals surface area contributed by atoms with Crippen molar-refractivity contribution in [2.24, 2.45) is 0 Å². The van der Waals surface area contributed by atoms with E-state index in [4.69, 9.17) is 9.15 Å². The third-order valence-corrected chi connectivity index (χ3v) is 6.11. The highest BCUT2D eigenvalue weighted by Crippen LogP contribution is 2.28. The van der Waals surface area contributed by atoms with Gasteiger partial charge in [-0.2, -0.15) is 0 Å². The Labute approximate surface area is 189 Å². The Kier molecular flexibility index (Phi) is 7.29. The van der Waals surface area contributed by atoms with Gasteiger partial charge >= 0.3 is 0 Å². The maximum Gasteiger partial charge on any atom is 0.275 e. The fourth-order valence-corrected chi connectivity index (χ4v) is 4.38. The predicted octanol–water partition coefficient (Wildman–Crippen LogP) is 1.14. The zero-order chi connectivity index (χ0) is 22.5. The Morgan fingerprint density at radius 2 is 1.78 bits per heavy atom. The molecule has 4 rings (SSSR count). The highest BCUT2D eigenvalue weighted by molar-refractivity contribution is 5.92. The fourth-order valence-electron chi connectivity index (χ4n) is 4.38. The average Bonchev–Trinajstić information content (AvgIpc) is 3.28. The van der Waals surface area contributed by atoms with Crippen LogP contribution in [0.25, 0.3) is 0 Å². The normalized spacial score (nSPS) is 19.2. The number of aliphatic hydroxyl groups excluding tert-OH is 1. The maximum atomic E-state index is 12.9. The van der Waals surface area contributed by atoms with Gasteiger partial charge in [-0.15, -0.1) is 0 Å². The number of piperazine rings is 2. The Morgan fingerprint density at radius 1 is 1.09 bits per heavy atom. The van der Waals surface area contributed by atoms with E-state index >= 15 is 0 Å². The fraction of sp³-hybridized carbons (Fsp3) is 0.565. The van der Waals surface area contributed by atoms with Gasteiger partial charge in [-0.25, -0.2) is 4.98 Å². The first-order chi connectivity index (χ1) is 15.5. The molecule has 2 aliphatic heterocycles. The number of para-hydroxylation sites is 2. The predicted molar refractivity (Wildman–Crippen MR) is 121 cm³/mol. The number of carbonyl (C=O) groups excluding carboxylic acids is 1. The zero-order valence-corrected chi connectivity index (χ0v) is 18.9. The Bertz CT molecular complexity index is 886. The molecule has 1 atom stereocenters. The minimum atomic E-state index is -0.307. The van der Waals surface area contributed by atoms with Gasteiger partial charge in [0.15, 0.2) is 5.69 Å². The van der Waals surface area contributed by atoms with Crippen LogP contribution in [0.4, 0.5) is 5.69 Å². The van der Waals surface area contributed by atoms with E-state index in [2.05, 4.69) is 19.7 Å². The second kappa shape index (κ2) is 10.3. The number of anilines is 1. The monoisotopic (exact) mass is 443 g/mol. The van der Waals surface area contributed by atoms with Crippen LogP contribution in [-0.2, 0) is 6.54 Å². The number of methoxy groups -OCH3 is 1. The van der Waals surface area contributed by atoms with Gasteiger partial charge < -0.3 is 24.1 Å². The van der Waals surface area contributed by atoms with E-state index in [1.165, 1.54) is 6.26 Å². The van der Waals surface area contributed by atoms with E-state index in [1.807, 2.05) is 36.1 Å². The van der Waals surface area contributed by atoms with Crippen LogP contribution in [0.15, 0.2) is 34.9 Å². The van der Waals surface area contributed by atoms with Crippen molar-refractivity contribution in [2.45, 2.75) is 19.6 Å². The largest absolute Gasteiger partial charge is 0.495 e. The van der Waals surface area contributed by atoms with Crippen molar-refractivity contribution in [3.63, 3.8) is 0 Å². The van der Waals surface area contributed by atoms with E-state index in [9.17, 15) is 9.90 Å². The zero-order valence-electron chi connectivity index (χ0n) is 18.9. The summed E-state index contributed by atoms with van der Waals surface area (Å²) in [4.78, 5) is 26.0. The van der Waals surface area contributed by atoms with Gasteiger partial charge in [0.1, 0.15) is 12.0 Å². The lowest BCUT2D eigenvalue weighted by molar-refractivity contribution is 0.0739. The molecule has 0 bridgehead atoms. The first kappa shape index (κ1) is 22.6. The summed E-state index contributed by atoms with van der Waals surface area (Å²) in [6.07, 6.45) is 1.17. The minimum absolute atomic E-state index is 0.0820. The third-order valence-electron chi connectivity index (χ3n) is 6.11. The number of rotatable bonds is 7. The van der Waals surface area contributed by atoms with Crippen LogP contribution in [0.2, 0.25) is 0 Å². The summed E-state index contributed by atoms with van der Waals surface area (Å²) in [7, 11) is 1.68. The quantitative estimate of drug-likeness (QED) is 0.682. The maximum absolute atomic E-state index is 12.9. The van der Waals surface area contributed by atoms with Crippen molar-refractivity contribution in [3.05, 3.63) is 42.1 Å². The number of nitrogens with zero attached hydrogens (tertiary/aromatic N) is 5. The molecule has 2 fully saturated rings. The van der Waals surface area contributed by atoms with Crippen LogP contribution >= 0.6 is 0 Å². The number of amides is 1. The van der Waals surface area contributed by atoms with Gasteiger partial charge in [0, 0.05) is 58.9 Å². The second-order valence-electron chi connectivity index (χ2n) is 8.50. The minimum Gasteiger partial charge on any atom is -0.495 e. The second-order valence-corrected chi connectivity index (χ2v) is 8.50. The number of oxazole rings is 1. The van der Waals surface area contributed by atoms with Crippen LogP contribution in [0.1, 0.15) is 23.3 Å². The molecule has 1 amide bonds. The van der Waals surface area contributed by atoms with Crippen molar-refractivity contribution in [1.82, 2.24) is 19.7 Å². The van der Waals surface area contributed by atoms with Gasteiger partial charge in [-0.05, 0) is 19.1 Å². The number of β-amino-alcohol motifs (C(OH)–C–C–N with tert-alkyl or cyclic N) is 1. The lowest BCUT2D eigenvalue weighted by Crippen LogP contribution is -2.49. The van der Waals surface area contributed by atoms with E-state index in [0.29, 0.717) is 37.8 Å². The molecule has 1 N–H and O–H groups in total. The van der Waals surface area contributed by atoms with E-state index < -0.39 is 0 Å². The molecule has 2 saturated heterocycles. The summed E-state index contributed by atoms with van der Waals surface area (Å²) in [6, 6.07) is 7.96. The van der Waals surface area contributed by atoms with Crippen LogP contribution in [0.5, 0.6) is 5.75 Å². The third kappa shape index (κ3) is 5.40. The van der Waals surface area contributed by atoms with Gasteiger partial charge in [-0.3, -0.25) is 14.6 Å². The van der Waals surface area contributed by atoms with Crippen LogP contribution in [-0.4, -0.2) is 103 Å². The summed E-state index contributed by atoms with van der Waals surface area (Å²) in [5.41, 5.74) is 1.43. The first-order valence-corrected chi connectivity index (χ1v) is 11.3. The molecule has 1 unspecified atom stereocenters. The first-order valence-electron chi connectivity index (χ1n) is 11.3. The highest BCUT2D eigenvalue weighted by Gasteiger charge is 2.26. The molecule has 32 heavy (non-hydrogen) atoms. The molecule has 3 heterocycles. The lowest BCUT2D eigenvalue weighted by Gasteiger charge is -2.36. The molecule has 0 radical (unpaired) electrons. The molecule has 9 nitrogen and oxygen atoms in total. The standard InChI is InChI=1S/C23H33N5O4/c1-18(29)15-25-7-9-26(10-8-25)16-22-24-19(17-32-22)23(30)28-13-11-27(12-14-28)20-5-3-4-6-21(20)31-2/h3-6,17-18,29H,7-16H2,1-2H3. The molecule has 174 valence electrons. The molecular formula is C23H33N5O4. The summed E-state index contributed by atoms with van der Waals surface area (Å²) in [5.74, 6) is 1.34. The molecule has 9 heteroatoms. The van der Waals surface area contributed by atoms with Crippen molar-refractivity contribution in [3.8, 4) is 5.75 Å². The molecule has 0 spiro atoms. The average molecular weight is 444 g/mol. The molecule has 0 aliphatic carbocycles. The van der Waals surface area contributed by atoms with E-state index in [1.54, 1.807) is 7.11 Å². The molecule has 2 aliphatic rings. The number of aromatic nitrogens is 1.